The van der Waals surface area contributed by atoms with Crippen molar-refractivity contribution in [2.24, 2.45) is 0 Å². The van der Waals surface area contributed by atoms with Gasteiger partial charge in [-0.2, -0.15) is 0 Å². The van der Waals surface area contributed by atoms with Crippen LogP contribution in [0.1, 0.15) is 23.2 Å². The van der Waals surface area contributed by atoms with Crippen molar-refractivity contribution < 1.29 is 4.21 Å². The summed E-state index contributed by atoms with van der Waals surface area (Å²) in [5.74, 6) is 0. The van der Waals surface area contributed by atoms with Crippen molar-refractivity contribution in [1.82, 2.24) is 10.3 Å². The third kappa shape index (κ3) is 4.86. The Morgan fingerprint density at radius 3 is 2.93 bits per heavy atom. The SMILES string of the molecule is Cc1ncc(CNCCC(C)S(C)=O)s1. The van der Waals surface area contributed by atoms with Crippen molar-refractivity contribution in [3.8, 4) is 0 Å². The highest BCUT2D eigenvalue weighted by Crippen LogP contribution is 2.10. The second-order valence-electron chi connectivity index (χ2n) is 3.62. The number of hydrogen-bond acceptors (Lipinski definition) is 4. The molecule has 0 radical (unpaired) electrons. The zero-order valence-corrected chi connectivity index (χ0v) is 11.1. The smallest absolute Gasteiger partial charge is 0.0897 e. The van der Waals surface area contributed by atoms with Crippen LogP contribution >= 0.6 is 11.3 Å². The van der Waals surface area contributed by atoms with Crippen molar-refractivity contribution in [3.63, 3.8) is 0 Å². The van der Waals surface area contributed by atoms with Gasteiger partial charge in [-0.15, -0.1) is 11.3 Å². The number of rotatable bonds is 6. The molecule has 15 heavy (non-hydrogen) atoms. The van der Waals surface area contributed by atoms with Gasteiger partial charge in [-0.25, -0.2) is 4.98 Å². The highest BCUT2D eigenvalue weighted by atomic mass is 32.2. The molecule has 1 heterocycles. The molecular weight excluding hydrogens is 228 g/mol. The predicted molar refractivity (Wildman–Crippen MR) is 66.7 cm³/mol. The highest BCUT2D eigenvalue weighted by molar-refractivity contribution is 7.84. The van der Waals surface area contributed by atoms with Crippen LogP contribution in [0.4, 0.5) is 0 Å². The molecule has 0 aliphatic heterocycles. The van der Waals surface area contributed by atoms with Crippen molar-refractivity contribution in [1.29, 1.82) is 0 Å². The molecule has 1 aromatic rings. The van der Waals surface area contributed by atoms with Crippen molar-refractivity contribution in [2.45, 2.75) is 32.1 Å². The van der Waals surface area contributed by atoms with Gasteiger partial charge in [0.1, 0.15) is 0 Å². The van der Waals surface area contributed by atoms with Crippen LogP contribution in [0, 0.1) is 6.92 Å². The number of aromatic nitrogens is 1. The van der Waals surface area contributed by atoms with Crippen molar-refractivity contribution >= 4 is 22.1 Å². The van der Waals surface area contributed by atoms with E-state index in [1.807, 2.05) is 20.0 Å². The lowest BCUT2D eigenvalue weighted by molar-refractivity contribution is 0.631. The zero-order chi connectivity index (χ0) is 11.3. The van der Waals surface area contributed by atoms with Crippen LogP contribution in [0.5, 0.6) is 0 Å². The molecule has 0 saturated heterocycles. The fraction of sp³-hybridized carbons (Fsp3) is 0.700. The fourth-order valence-corrected chi connectivity index (χ4v) is 2.38. The Labute approximate surface area is 97.8 Å². The minimum Gasteiger partial charge on any atom is -0.312 e. The molecule has 86 valence electrons. The summed E-state index contributed by atoms with van der Waals surface area (Å²) in [4.78, 5) is 5.45. The molecular formula is C10H18N2OS2. The van der Waals surface area contributed by atoms with Gasteiger partial charge in [0, 0.05) is 39.9 Å². The van der Waals surface area contributed by atoms with Gasteiger partial charge in [0.05, 0.1) is 5.01 Å². The molecule has 5 heteroatoms. The lowest BCUT2D eigenvalue weighted by Crippen LogP contribution is -2.20. The molecule has 2 atom stereocenters. The third-order valence-electron chi connectivity index (χ3n) is 2.26. The largest absolute Gasteiger partial charge is 0.312 e. The number of nitrogens with one attached hydrogen (secondary N) is 1. The van der Waals surface area contributed by atoms with Crippen LogP contribution in [0.3, 0.4) is 0 Å². The molecule has 0 spiro atoms. The first-order valence-corrected chi connectivity index (χ1v) is 7.47. The van der Waals surface area contributed by atoms with Crippen LogP contribution in [-0.2, 0) is 17.3 Å². The summed E-state index contributed by atoms with van der Waals surface area (Å²) in [5.41, 5.74) is 0. The molecule has 0 bridgehead atoms. The molecule has 0 saturated carbocycles. The number of aryl methyl sites for hydroxylation is 1. The van der Waals surface area contributed by atoms with E-state index in [-0.39, 0.29) is 5.25 Å². The first kappa shape index (κ1) is 12.8. The fourth-order valence-electron chi connectivity index (χ4n) is 1.17. The summed E-state index contributed by atoms with van der Waals surface area (Å²) in [5, 5.41) is 4.72. The molecule has 0 fully saturated rings. The minimum absolute atomic E-state index is 0.278. The van der Waals surface area contributed by atoms with Crippen LogP contribution in [0.25, 0.3) is 0 Å². The molecule has 0 amide bonds. The van der Waals surface area contributed by atoms with Gasteiger partial charge < -0.3 is 5.32 Å². The Bertz CT molecular complexity index is 325. The Hall–Kier alpha value is -0.260. The summed E-state index contributed by atoms with van der Waals surface area (Å²) in [6.07, 6.45) is 4.63. The predicted octanol–water partition coefficient (Wildman–Crippen LogP) is 1.70. The summed E-state index contributed by atoms with van der Waals surface area (Å²) < 4.78 is 11.1. The van der Waals surface area contributed by atoms with Crippen LogP contribution in [0.15, 0.2) is 6.20 Å². The van der Waals surface area contributed by atoms with Crippen LogP contribution in [-0.4, -0.2) is 27.2 Å². The average molecular weight is 246 g/mol. The Kier molecular flexibility index (Phi) is 5.42. The number of thiazole rings is 1. The van der Waals surface area contributed by atoms with Crippen molar-refractivity contribution in [2.75, 3.05) is 12.8 Å². The van der Waals surface area contributed by atoms with Gasteiger partial charge >= 0.3 is 0 Å². The van der Waals surface area contributed by atoms with Crippen molar-refractivity contribution in [3.05, 3.63) is 16.1 Å². The summed E-state index contributed by atoms with van der Waals surface area (Å²) in [7, 11) is -0.704. The molecule has 1 N–H and O–H groups in total. The third-order valence-corrected chi connectivity index (χ3v) is 4.54. The lowest BCUT2D eigenvalue weighted by Gasteiger charge is -2.08. The average Bonchev–Trinajstić information content (AvgIpc) is 2.58. The van der Waals surface area contributed by atoms with Gasteiger partial charge in [-0.05, 0) is 19.9 Å². The summed E-state index contributed by atoms with van der Waals surface area (Å²) in [6, 6.07) is 0. The van der Waals surface area contributed by atoms with Gasteiger partial charge in [-0.1, -0.05) is 6.92 Å². The van der Waals surface area contributed by atoms with Gasteiger partial charge in [0.15, 0.2) is 0 Å². The maximum absolute atomic E-state index is 11.1. The maximum Gasteiger partial charge on any atom is 0.0897 e. The van der Waals surface area contributed by atoms with E-state index in [0.29, 0.717) is 0 Å². The number of hydrogen-bond donors (Lipinski definition) is 1. The summed E-state index contributed by atoms with van der Waals surface area (Å²) >= 11 is 1.72. The van der Waals surface area contributed by atoms with Crippen LogP contribution < -0.4 is 5.32 Å². The standard InChI is InChI=1S/C10H18N2OS2/c1-8(15(3)13)4-5-11-6-10-7-12-9(2)14-10/h7-8,11H,4-6H2,1-3H3. The minimum atomic E-state index is -0.704. The Balaban J connectivity index is 2.14. The van der Waals surface area contributed by atoms with Gasteiger partial charge in [0.2, 0.25) is 0 Å². The van der Waals surface area contributed by atoms with E-state index in [2.05, 4.69) is 10.3 Å². The van der Waals surface area contributed by atoms with E-state index < -0.39 is 10.8 Å². The molecule has 0 aliphatic rings. The van der Waals surface area contributed by atoms with Crippen LogP contribution in [0.2, 0.25) is 0 Å². The molecule has 0 aromatic carbocycles. The Morgan fingerprint density at radius 1 is 1.67 bits per heavy atom. The van der Waals surface area contributed by atoms with E-state index in [1.165, 1.54) is 4.88 Å². The van der Waals surface area contributed by atoms with E-state index in [4.69, 9.17) is 0 Å². The van der Waals surface area contributed by atoms with E-state index in [0.717, 1.165) is 24.5 Å². The molecule has 0 aliphatic carbocycles. The monoisotopic (exact) mass is 246 g/mol. The lowest BCUT2D eigenvalue weighted by atomic mass is 10.3. The molecule has 1 rings (SSSR count). The zero-order valence-electron chi connectivity index (χ0n) is 9.45. The highest BCUT2D eigenvalue weighted by Gasteiger charge is 2.05. The molecule has 2 unspecified atom stereocenters. The Morgan fingerprint density at radius 2 is 2.40 bits per heavy atom. The molecule has 1 aromatic heterocycles. The van der Waals surface area contributed by atoms with Gasteiger partial charge in [-0.3, -0.25) is 4.21 Å². The second kappa shape index (κ2) is 6.35. The maximum atomic E-state index is 11.1. The van der Waals surface area contributed by atoms with E-state index in [1.54, 1.807) is 17.6 Å². The molecule has 3 nitrogen and oxygen atoms in total. The van der Waals surface area contributed by atoms with E-state index >= 15 is 0 Å². The van der Waals surface area contributed by atoms with E-state index in [9.17, 15) is 4.21 Å². The quantitative estimate of drug-likeness (QED) is 0.777. The summed E-state index contributed by atoms with van der Waals surface area (Å²) in [6.45, 7) is 5.82. The first-order valence-electron chi connectivity index (χ1n) is 5.04. The first-order chi connectivity index (χ1) is 7.09. The second-order valence-corrected chi connectivity index (χ2v) is 6.74. The van der Waals surface area contributed by atoms with Gasteiger partial charge in [0.25, 0.3) is 0 Å². The topological polar surface area (TPSA) is 42.0 Å². The number of nitrogens with zero attached hydrogens (tertiary/aromatic N) is 1. The normalized spacial score (nSPS) is 15.1.